The van der Waals surface area contributed by atoms with Crippen molar-refractivity contribution < 1.29 is 4.79 Å². The van der Waals surface area contributed by atoms with Crippen molar-refractivity contribution in [3.63, 3.8) is 0 Å². The molecule has 0 radical (unpaired) electrons. The SMILES string of the molecule is CC(CNC(=O)CCCN)CN1CCCCC1. The number of rotatable bonds is 7. The van der Waals surface area contributed by atoms with E-state index in [1.54, 1.807) is 0 Å². The average Bonchev–Trinajstić information content (AvgIpc) is 2.35. The standard InChI is InChI=1S/C13H27N3O/c1-12(10-15-13(17)6-5-7-14)11-16-8-3-2-4-9-16/h12H,2-11,14H2,1H3,(H,15,17). The van der Waals surface area contributed by atoms with Gasteiger partial charge in [0.05, 0.1) is 0 Å². The minimum atomic E-state index is 0.140. The van der Waals surface area contributed by atoms with Gasteiger partial charge >= 0.3 is 0 Å². The summed E-state index contributed by atoms with van der Waals surface area (Å²) >= 11 is 0. The summed E-state index contributed by atoms with van der Waals surface area (Å²) in [5.41, 5.74) is 5.37. The minimum Gasteiger partial charge on any atom is -0.356 e. The van der Waals surface area contributed by atoms with Crippen molar-refractivity contribution in [3.8, 4) is 0 Å². The molecule has 1 amide bonds. The molecule has 3 N–H and O–H groups in total. The molecule has 1 saturated heterocycles. The van der Waals surface area contributed by atoms with Crippen LogP contribution >= 0.6 is 0 Å². The Morgan fingerprint density at radius 3 is 2.71 bits per heavy atom. The second-order valence-electron chi connectivity index (χ2n) is 5.16. The first-order chi connectivity index (χ1) is 8.22. The zero-order valence-electron chi connectivity index (χ0n) is 11.1. The quantitative estimate of drug-likeness (QED) is 0.698. The molecule has 0 aromatic heterocycles. The zero-order valence-corrected chi connectivity index (χ0v) is 11.1. The molecular formula is C13H27N3O. The second kappa shape index (κ2) is 8.48. The summed E-state index contributed by atoms with van der Waals surface area (Å²) in [6.45, 7) is 7.16. The van der Waals surface area contributed by atoms with Gasteiger partial charge in [0.2, 0.25) is 5.91 Å². The fraction of sp³-hybridized carbons (Fsp3) is 0.923. The van der Waals surface area contributed by atoms with Gasteiger partial charge in [-0.25, -0.2) is 0 Å². The first-order valence-corrected chi connectivity index (χ1v) is 6.91. The summed E-state index contributed by atoms with van der Waals surface area (Å²) in [6.07, 6.45) is 5.38. The highest BCUT2D eigenvalue weighted by Gasteiger charge is 2.13. The van der Waals surface area contributed by atoms with Gasteiger partial charge in [0, 0.05) is 19.5 Å². The lowest BCUT2D eigenvalue weighted by molar-refractivity contribution is -0.121. The van der Waals surface area contributed by atoms with E-state index in [4.69, 9.17) is 5.73 Å². The highest BCUT2D eigenvalue weighted by atomic mass is 16.1. The normalized spacial score (nSPS) is 18.9. The third-order valence-corrected chi connectivity index (χ3v) is 3.27. The summed E-state index contributed by atoms with van der Waals surface area (Å²) < 4.78 is 0. The van der Waals surface area contributed by atoms with Gasteiger partial charge in [-0.1, -0.05) is 13.3 Å². The van der Waals surface area contributed by atoms with E-state index in [0.29, 0.717) is 18.9 Å². The molecule has 0 aromatic carbocycles. The van der Waals surface area contributed by atoms with Gasteiger partial charge in [-0.15, -0.1) is 0 Å². The molecule has 1 fully saturated rings. The number of likely N-dealkylation sites (tertiary alicyclic amines) is 1. The van der Waals surface area contributed by atoms with Crippen LogP contribution in [0.1, 0.15) is 39.0 Å². The molecule has 1 atom stereocenters. The number of carbonyl (C=O) groups is 1. The molecule has 1 rings (SSSR count). The van der Waals surface area contributed by atoms with Crippen LogP contribution in [0.25, 0.3) is 0 Å². The molecule has 4 heteroatoms. The monoisotopic (exact) mass is 241 g/mol. The third-order valence-electron chi connectivity index (χ3n) is 3.27. The summed E-state index contributed by atoms with van der Waals surface area (Å²) in [5, 5.41) is 2.99. The van der Waals surface area contributed by atoms with E-state index in [-0.39, 0.29) is 5.91 Å². The van der Waals surface area contributed by atoms with Crippen LogP contribution in [0.15, 0.2) is 0 Å². The molecule has 0 aromatic rings. The molecular weight excluding hydrogens is 214 g/mol. The summed E-state index contributed by atoms with van der Waals surface area (Å²) in [6, 6.07) is 0. The van der Waals surface area contributed by atoms with Gasteiger partial charge in [0.1, 0.15) is 0 Å². The van der Waals surface area contributed by atoms with Crippen LogP contribution in [0.2, 0.25) is 0 Å². The number of nitrogens with one attached hydrogen (secondary N) is 1. The smallest absolute Gasteiger partial charge is 0.220 e. The van der Waals surface area contributed by atoms with Crippen molar-refractivity contribution in [2.24, 2.45) is 11.7 Å². The fourth-order valence-electron chi connectivity index (χ4n) is 2.29. The summed E-state index contributed by atoms with van der Waals surface area (Å²) in [4.78, 5) is 13.9. The molecule has 0 aliphatic carbocycles. The molecule has 100 valence electrons. The van der Waals surface area contributed by atoms with Crippen molar-refractivity contribution in [3.05, 3.63) is 0 Å². The van der Waals surface area contributed by atoms with Gasteiger partial charge in [0.25, 0.3) is 0 Å². The topological polar surface area (TPSA) is 58.4 Å². The predicted octanol–water partition coefficient (Wildman–Crippen LogP) is 0.964. The molecule has 1 aliphatic rings. The van der Waals surface area contributed by atoms with E-state index >= 15 is 0 Å². The predicted molar refractivity (Wildman–Crippen MR) is 70.8 cm³/mol. The fourth-order valence-corrected chi connectivity index (χ4v) is 2.29. The molecule has 0 bridgehead atoms. The Morgan fingerprint density at radius 2 is 2.06 bits per heavy atom. The Hall–Kier alpha value is -0.610. The largest absolute Gasteiger partial charge is 0.356 e. The number of hydrogen-bond donors (Lipinski definition) is 2. The third kappa shape index (κ3) is 6.64. The van der Waals surface area contributed by atoms with Crippen molar-refractivity contribution in [1.29, 1.82) is 0 Å². The summed E-state index contributed by atoms with van der Waals surface area (Å²) in [7, 11) is 0. The molecule has 1 unspecified atom stereocenters. The highest BCUT2D eigenvalue weighted by Crippen LogP contribution is 2.10. The van der Waals surface area contributed by atoms with Gasteiger partial charge in [-0.2, -0.15) is 0 Å². The molecule has 0 saturated carbocycles. The number of amides is 1. The minimum absolute atomic E-state index is 0.140. The highest BCUT2D eigenvalue weighted by molar-refractivity contribution is 5.75. The van der Waals surface area contributed by atoms with Crippen LogP contribution in [0.5, 0.6) is 0 Å². The van der Waals surface area contributed by atoms with E-state index < -0.39 is 0 Å². The van der Waals surface area contributed by atoms with Crippen LogP contribution in [-0.2, 0) is 4.79 Å². The van der Waals surface area contributed by atoms with Crippen molar-refractivity contribution in [2.75, 3.05) is 32.7 Å². The van der Waals surface area contributed by atoms with Crippen molar-refractivity contribution >= 4 is 5.91 Å². The Balaban J connectivity index is 2.07. The maximum absolute atomic E-state index is 11.4. The Labute approximate surface area is 105 Å². The second-order valence-corrected chi connectivity index (χ2v) is 5.16. The number of carbonyl (C=O) groups excluding carboxylic acids is 1. The van der Waals surface area contributed by atoms with Crippen LogP contribution in [0.4, 0.5) is 0 Å². The van der Waals surface area contributed by atoms with Gasteiger partial charge in [-0.05, 0) is 44.8 Å². The maximum Gasteiger partial charge on any atom is 0.220 e. The van der Waals surface area contributed by atoms with E-state index in [1.807, 2.05) is 0 Å². The van der Waals surface area contributed by atoms with Crippen LogP contribution < -0.4 is 11.1 Å². The average molecular weight is 241 g/mol. The first-order valence-electron chi connectivity index (χ1n) is 6.91. The molecule has 1 heterocycles. The van der Waals surface area contributed by atoms with Crippen LogP contribution in [-0.4, -0.2) is 43.5 Å². The number of nitrogens with two attached hydrogens (primary N) is 1. The van der Waals surface area contributed by atoms with E-state index in [9.17, 15) is 4.79 Å². The lowest BCUT2D eigenvalue weighted by atomic mass is 10.1. The van der Waals surface area contributed by atoms with Crippen LogP contribution in [0.3, 0.4) is 0 Å². The van der Waals surface area contributed by atoms with E-state index in [0.717, 1.165) is 19.5 Å². The zero-order chi connectivity index (χ0) is 12.5. The van der Waals surface area contributed by atoms with Gasteiger partial charge in [-0.3, -0.25) is 4.79 Å². The molecule has 1 aliphatic heterocycles. The molecule has 0 spiro atoms. The molecule has 4 nitrogen and oxygen atoms in total. The van der Waals surface area contributed by atoms with Gasteiger partial charge < -0.3 is 16.0 Å². The van der Waals surface area contributed by atoms with E-state index in [2.05, 4.69) is 17.1 Å². The Kier molecular flexibility index (Phi) is 7.21. The number of nitrogens with zero attached hydrogens (tertiary/aromatic N) is 1. The first kappa shape index (κ1) is 14.5. The lowest BCUT2D eigenvalue weighted by Gasteiger charge is -2.29. The molecule has 17 heavy (non-hydrogen) atoms. The maximum atomic E-state index is 11.4. The Morgan fingerprint density at radius 1 is 1.35 bits per heavy atom. The Bertz CT molecular complexity index is 215. The lowest BCUT2D eigenvalue weighted by Crippen LogP contribution is -2.38. The van der Waals surface area contributed by atoms with E-state index in [1.165, 1.54) is 32.4 Å². The van der Waals surface area contributed by atoms with Crippen molar-refractivity contribution in [2.45, 2.75) is 39.0 Å². The number of hydrogen-bond acceptors (Lipinski definition) is 3. The summed E-state index contributed by atoms with van der Waals surface area (Å²) in [5.74, 6) is 0.677. The number of piperidine rings is 1. The van der Waals surface area contributed by atoms with Gasteiger partial charge in [0.15, 0.2) is 0 Å². The van der Waals surface area contributed by atoms with Crippen LogP contribution in [0, 0.1) is 5.92 Å². The van der Waals surface area contributed by atoms with Crippen molar-refractivity contribution in [1.82, 2.24) is 10.2 Å².